The molecular weight excluding hydrogens is 278 g/mol. The fraction of sp³-hybridized carbons (Fsp3) is 0.429. The van der Waals surface area contributed by atoms with Crippen LogP contribution < -0.4 is 5.32 Å². The van der Waals surface area contributed by atoms with E-state index in [0.717, 1.165) is 0 Å². The number of amides is 1. The van der Waals surface area contributed by atoms with E-state index in [1.54, 1.807) is 24.3 Å². The van der Waals surface area contributed by atoms with Gasteiger partial charge in [-0.15, -0.1) is 0 Å². The lowest BCUT2D eigenvalue weighted by Gasteiger charge is -2.09. The van der Waals surface area contributed by atoms with Crippen LogP contribution in [-0.2, 0) is 14.6 Å². The number of Topliss-reactive ketones (excluding diaryl/α,β-unsaturated/α-hetero) is 1. The molecule has 2 rings (SSSR count). The highest BCUT2D eigenvalue weighted by atomic mass is 32.2. The van der Waals surface area contributed by atoms with Crippen molar-refractivity contribution in [2.75, 3.05) is 16.8 Å². The molecule has 1 amide bonds. The van der Waals surface area contributed by atoms with Crippen molar-refractivity contribution in [3.8, 4) is 0 Å². The van der Waals surface area contributed by atoms with Crippen molar-refractivity contribution in [2.24, 2.45) is 5.92 Å². The Bertz CT molecular complexity index is 636. The highest BCUT2D eigenvalue weighted by Crippen LogP contribution is 2.22. The zero-order chi connectivity index (χ0) is 14.8. The summed E-state index contributed by atoms with van der Waals surface area (Å²) in [7, 11) is -2.96. The zero-order valence-electron chi connectivity index (χ0n) is 11.3. The molecule has 0 unspecified atom stereocenters. The van der Waals surface area contributed by atoms with Crippen molar-refractivity contribution >= 4 is 27.2 Å². The zero-order valence-corrected chi connectivity index (χ0v) is 12.1. The number of anilines is 1. The standard InChI is InChI=1S/C14H17NO4S/c1-10(16)12-3-2-4-13(8-12)15-14(17)7-11-5-6-20(18,19)9-11/h2-4,8,11H,5-7,9H2,1H3,(H,15,17)/t11-/m0/s1. The van der Waals surface area contributed by atoms with Crippen molar-refractivity contribution in [1.29, 1.82) is 0 Å². The smallest absolute Gasteiger partial charge is 0.224 e. The first-order chi connectivity index (χ1) is 9.35. The molecule has 0 aliphatic carbocycles. The molecule has 0 aromatic heterocycles. The molecule has 6 heteroatoms. The fourth-order valence-corrected chi connectivity index (χ4v) is 4.19. The van der Waals surface area contributed by atoms with Crippen LogP contribution in [0.1, 0.15) is 30.1 Å². The van der Waals surface area contributed by atoms with E-state index in [9.17, 15) is 18.0 Å². The van der Waals surface area contributed by atoms with Gasteiger partial charge in [-0.3, -0.25) is 9.59 Å². The van der Waals surface area contributed by atoms with Gasteiger partial charge in [-0.1, -0.05) is 12.1 Å². The van der Waals surface area contributed by atoms with Gasteiger partial charge in [0.05, 0.1) is 11.5 Å². The molecule has 1 saturated heterocycles. The maximum absolute atomic E-state index is 11.9. The van der Waals surface area contributed by atoms with E-state index < -0.39 is 9.84 Å². The number of nitrogens with one attached hydrogen (secondary N) is 1. The van der Waals surface area contributed by atoms with E-state index in [1.165, 1.54) is 6.92 Å². The molecule has 0 bridgehead atoms. The molecule has 1 aromatic rings. The predicted octanol–water partition coefficient (Wildman–Crippen LogP) is 1.65. The third-order valence-corrected chi connectivity index (χ3v) is 5.19. The van der Waals surface area contributed by atoms with E-state index in [1.807, 2.05) is 0 Å². The molecule has 0 spiro atoms. The number of hydrogen-bond acceptors (Lipinski definition) is 4. The van der Waals surface area contributed by atoms with Gasteiger partial charge >= 0.3 is 0 Å². The van der Waals surface area contributed by atoms with Crippen LogP contribution in [0.25, 0.3) is 0 Å². The molecule has 1 aromatic carbocycles. The van der Waals surface area contributed by atoms with Gasteiger partial charge in [-0.2, -0.15) is 0 Å². The van der Waals surface area contributed by atoms with Crippen LogP contribution in [0.3, 0.4) is 0 Å². The normalized spacial score (nSPS) is 20.6. The topological polar surface area (TPSA) is 80.3 Å². The Morgan fingerprint density at radius 3 is 2.70 bits per heavy atom. The van der Waals surface area contributed by atoms with E-state index in [-0.39, 0.29) is 35.5 Å². The molecule has 1 heterocycles. The van der Waals surface area contributed by atoms with Crippen molar-refractivity contribution < 1.29 is 18.0 Å². The van der Waals surface area contributed by atoms with Gasteiger partial charge in [0.1, 0.15) is 0 Å². The molecule has 20 heavy (non-hydrogen) atoms. The van der Waals surface area contributed by atoms with Crippen molar-refractivity contribution in [2.45, 2.75) is 19.8 Å². The Hall–Kier alpha value is -1.69. The lowest BCUT2D eigenvalue weighted by atomic mass is 10.0. The Morgan fingerprint density at radius 2 is 2.10 bits per heavy atom. The van der Waals surface area contributed by atoms with Crippen LogP contribution in [-0.4, -0.2) is 31.6 Å². The maximum Gasteiger partial charge on any atom is 0.224 e. The van der Waals surface area contributed by atoms with Gasteiger partial charge in [-0.05, 0) is 31.4 Å². The number of carbonyl (C=O) groups is 2. The van der Waals surface area contributed by atoms with E-state index in [2.05, 4.69) is 5.32 Å². The quantitative estimate of drug-likeness (QED) is 0.857. The summed E-state index contributed by atoms with van der Waals surface area (Å²) in [4.78, 5) is 23.1. The van der Waals surface area contributed by atoms with Crippen LogP contribution in [0, 0.1) is 5.92 Å². The van der Waals surface area contributed by atoms with Crippen molar-refractivity contribution in [3.05, 3.63) is 29.8 Å². The van der Waals surface area contributed by atoms with Gasteiger partial charge in [0.25, 0.3) is 0 Å². The average molecular weight is 295 g/mol. The lowest BCUT2D eigenvalue weighted by molar-refractivity contribution is -0.116. The minimum atomic E-state index is -2.96. The molecule has 0 radical (unpaired) electrons. The molecule has 1 fully saturated rings. The van der Waals surface area contributed by atoms with E-state index >= 15 is 0 Å². The highest BCUT2D eigenvalue weighted by molar-refractivity contribution is 7.91. The SMILES string of the molecule is CC(=O)c1cccc(NC(=O)C[C@@H]2CCS(=O)(=O)C2)c1. The van der Waals surface area contributed by atoms with Gasteiger partial charge in [-0.25, -0.2) is 8.42 Å². The van der Waals surface area contributed by atoms with Crippen molar-refractivity contribution in [1.82, 2.24) is 0 Å². The van der Waals surface area contributed by atoms with Gasteiger partial charge in [0, 0.05) is 17.7 Å². The first-order valence-electron chi connectivity index (χ1n) is 6.47. The molecule has 108 valence electrons. The maximum atomic E-state index is 11.9. The summed E-state index contributed by atoms with van der Waals surface area (Å²) in [5.74, 6) is -0.120. The second-order valence-electron chi connectivity index (χ2n) is 5.16. The van der Waals surface area contributed by atoms with E-state index in [4.69, 9.17) is 0 Å². The Morgan fingerprint density at radius 1 is 1.35 bits per heavy atom. The largest absolute Gasteiger partial charge is 0.326 e. The molecule has 0 saturated carbocycles. The Labute approximate surface area is 118 Å². The summed E-state index contributed by atoms with van der Waals surface area (Å²) in [6, 6.07) is 6.70. The van der Waals surface area contributed by atoms with Gasteiger partial charge < -0.3 is 5.32 Å². The second-order valence-corrected chi connectivity index (χ2v) is 7.39. The first kappa shape index (κ1) is 14.7. The first-order valence-corrected chi connectivity index (χ1v) is 8.29. The summed E-state index contributed by atoms with van der Waals surface area (Å²) in [5, 5.41) is 2.71. The average Bonchev–Trinajstić information content (AvgIpc) is 2.68. The third-order valence-electron chi connectivity index (χ3n) is 3.35. The number of sulfone groups is 1. The van der Waals surface area contributed by atoms with E-state index in [0.29, 0.717) is 17.7 Å². The Balaban J connectivity index is 1.95. The molecule has 1 atom stereocenters. The summed E-state index contributed by atoms with van der Waals surface area (Å²) in [5.41, 5.74) is 1.09. The van der Waals surface area contributed by atoms with Gasteiger partial charge in [0.15, 0.2) is 15.6 Å². The van der Waals surface area contributed by atoms with Crippen molar-refractivity contribution in [3.63, 3.8) is 0 Å². The summed E-state index contributed by atoms with van der Waals surface area (Å²) in [6.45, 7) is 1.46. The lowest BCUT2D eigenvalue weighted by Crippen LogP contribution is -2.17. The number of hydrogen-bond donors (Lipinski definition) is 1. The minimum absolute atomic E-state index is 0.0667. The molecule has 1 aliphatic rings. The van der Waals surface area contributed by atoms with Crippen LogP contribution >= 0.6 is 0 Å². The van der Waals surface area contributed by atoms with Gasteiger partial charge in [0.2, 0.25) is 5.91 Å². The molecular formula is C14H17NO4S. The van der Waals surface area contributed by atoms with Crippen LogP contribution in [0.15, 0.2) is 24.3 Å². The van der Waals surface area contributed by atoms with Crippen LogP contribution in [0.4, 0.5) is 5.69 Å². The second kappa shape index (κ2) is 5.75. The molecule has 5 nitrogen and oxygen atoms in total. The number of ketones is 1. The van der Waals surface area contributed by atoms with Crippen LogP contribution in [0.2, 0.25) is 0 Å². The molecule has 1 aliphatic heterocycles. The number of rotatable bonds is 4. The summed E-state index contributed by atoms with van der Waals surface area (Å²) in [6.07, 6.45) is 0.743. The minimum Gasteiger partial charge on any atom is -0.326 e. The highest BCUT2D eigenvalue weighted by Gasteiger charge is 2.29. The predicted molar refractivity (Wildman–Crippen MR) is 76.5 cm³/mol. The molecule has 1 N–H and O–H groups in total. The summed E-state index contributed by atoms with van der Waals surface area (Å²) >= 11 is 0. The summed E-state index contributed by atoms with van der Waals surface area (Å²) < 4.78 is 22.7. The Kier molecular flexibility index (Phi) is 4.23. The fourth-order valence-electron chi connectivity index (χ4n) is 2.32. The number of benzene rings is 1. The third kappa shape index (κ3) is 3.90. The number of carbonyl (C=O) groups excluding carboxylic acids is 2. The van der Waals surface area contributed by atoms with Crippen LogP contribution in [0.5, 0.6) is 0 Å². The monoisotopic (exact) mass is 295 g/mol.